The maximum Gasteiger partial charge on any atom is 0.316 e. The van der Waals surface area contributed by atoms with Crippen LogP contribution in [0.3, 0.4) is 0 Å². The van der Waals surface area contributed by atoms with E-state index < -0.39 is 63.5 Å². The van der Waals surface area contributed by atoms with Gasteiger partial charge in [-0.25, -0.2) is 28.1 Å². The number of ether oxygens (including phenoxy) is 1. The van der Waals surface area contributed by atoms with Crippen molar-refractivity contribution in [3.8, 4) is 17.1 Å². The molecule has 1 spiro atoms. The first kappa shape index (κ1) is 40.6. The monoisotopic (exact) mass is 884 g/mol. The number of aromatic nitrogens is 4. The molecule has 2 atom stereocenters. The highest BCUT2D eigenvalue weighted by Gasteiger charge is 2.51. The normalized spacial score (nSPS) is 21.1. The first-order valence-electron chi connectivity index (χ1n) is 20.4. The van der Waals surface area contributed by atoms with Crippen molar-refractivity contribution >= 4 is 56.1 Å². The molecule has 0 radical (unpaired) electrons. The fraction of sp³-hybridized carbons (Fsp3) is 0.357. The minimum atomic E-state index is -4.37. The number of piperidine rings is 1. The zero-order valence-electron chi connectivity index (χ0n) is 33.4. The van der Waals surface area contributed by atoms with Gasteiger partial charge in [0.25, 0.3) is 5.91 Å². The smallest absolute Gasteiger partial charge is 0.316 e. The topological polar surface area (TPSA) is 203 Å². The van der Waals surface area contributed by atoms with E-state index in [0.717, 1.165) is 53.9 Å². The number of nitrogens with zero attached hydrogens (tertiary/aromatic N) is 7. The number of hydrogen-bond acceptors (Lipinski definition) is 12. The Bertz CT molecular complexity index is 2830. The van der Waals surface area contributed by atoms with E-state index >= 15 is 8.78 Å². The fourth-order valence-electron chi connectivity index (χ4n) is 9.20. The highest BCUT2D eigenvalue weighted by atomic mass is 32.2. The molecule has 5 aliphatic heterocycles. The third-order valence-electron chi connectivity index (χ3n) is 12.4. The number of imide groups is 1. The number of rotatable bonds is 12. The van der Waals surface area contributed by atoms with Gasteiger partial charge in [0, 0.05) is 122 Å². The molecule has 4 fully saturated rings. The van der Waals surface area contributed by atoms with Crippen molar-refractivity contribution in [2.75, 3.05) is 62.0 Å². The van der Waals surface area contributed by atoms with Gasteiger partial charge in [-0.2, -0.15) is 12.7 Å². The largest absolute Gasteiger partial charge is 0.462 e. The number of amides is 3. The molecular weight excluding hydrogens is 846 g/mol. The molecule has 0 saturated carbocycles. The zero-order valence-corrected chi connectivity index (χ0v) is 34.3. The number of hydrogen-bond donors (Lipinski definition) is 3. The molecule has 3 amide bonds. The van der Waals surface area contributed by atoms with Gasteiger partial charge >= 0.3 is 16.2 Å². The molecular formula is C42H39F3N10O7S. The number of carbonyl (C=O) groups excluding carboxylic acids is 4. The summed E-state index contributed by atoms with van der Waals surface area (Å²) in [6.07, 6.45) is 5.01. The molecule has 1 unspecified atom stereocenters. The number of ketones is 1. The Labute approximate surface area is 357 Å². The lowest BCUT2D eigenvalue weighted by Crippen LogP contribution is -2.72. The zero-order chi connectivity index (χ0) is 43.8. The quantitative estimate of drug-likeness (QED) is 0.122. The van der Waals surface area contributed by atoms with Crippen LogP contribution in [0, 0.1) is 17.0 Å². The van der Waals surface area contributed by atoms with Gasteiger partial charge in [0.15, 0.2) is 5.82 Å². The van der Waals surface area contributed by atoms with Crippen LogP contribution < -0.4 is 19.7 Å². The first-order valence-corrected chi connectivity index (χ1v) is 21.8. The van der Waals surface area contributed by atoms with Crippen LogP contribution in [0.1, 0.15) is 51.1 Å². The highest BCUT2D eigenvalue weighted by molar-refractivity contribution is 7.90. The number of aromatic amines is 1. The lowest BCUT2D eigenvalue weighted by Gasteiger charge is -2.61. The van der Waals surface area contributed by atoms with E-state index in [1.54, 1.807) is 11.0 Å². The number of benzene rings is 2. The number of halogens is 3. The van der Waals surface area contributed by atoms with Gasteiger partial charge in [-0.1, -0.05) is 0 Å². The number of alkyl halides is 1. The molecule has 0 aliphatic carbocycles. The molecule has 21 heteroatoms. The fourth-order valence-corrected chi connectivity index (χ4v) is 10.5. The van der Waals surface area contributed by atoms with Crippen molar-refractivity contribution in [3.63, 3.8) is 0 Å². The van der Waals surface area contributed by atoms with Gasteiger partial charge in [-0.05, 0) is 54.8 Å². The molecule has 63 heavy (non-hydrogen) atoms. The summed E-state index contributed by atoms with van der Waals surface area (Å²) in [5.74, 6) is -4.60. The van der Waals surface area contributed by atoms with Gasteiger partial charge in [0.2, 0.25) is 17.6 Å². The van der Waals surface area contributed by atoms with Crippen LogP contribution in [0.4, 0.5) is 24.5 Å². The van der Waals surface area contributed by atoms with Crippen molar-refractivity contribution in [1.82, 2.24) is 39.4 Å². The number of likely N-dealkylation sites (tertiary alicyclic amines) is 1. The maximum absolute atomic E-state index is 15.7. The van der Waals surface area contributed by atoms with Gasteiger partial charge < -0.3 is 19.5 Å². The van der Waals surface area contributed by atoms with Crippen molar-refractivity contribution in [2.45, 2.75) is 38.0 Å². The Morgan fingerprint density at radius 3 is 2.49 bits per heavy atom. The van der Waals surface area contributed by atoms with Crippen LogP contribution in [-0.2, 0) is 26.3 Å². The van der Waals surface area contributed by atoms with E-state index in [2.05, 4.69) is 35.1 Å². The summed E-state index contributed by atoms with van der Waals surface area (Å²) in [5, 5.41) is 2.59. The summed E-state index contributed by atoms with van der Waals surface area (Å²) in [6.45, 7) is 4.42. The van der Waals surface area contributed by atoms with Gasteiger partial charge in [0.1, 0.15) is 30.3 Å². The molecule has 3 N–H and O–H groups in total. The number of nitrogens with one attached hydrogen (secondary N) is 3. The van der Waals surface area contributed by atoms with Crippen LogP contribution in [0.25, 0.3) is 22.2 Å². The molecule has 326 valence electrons. The van der Waals surface area contributed by atoms with Crippen LogP contribution in [0.2, 0.25) is 0 Å². The molecule has 0 bridgehead atoms. The third-order valence-corrected chi connectivity index (χ3v) is 13.9. The third kappa shape index (κ3) is 7.42. The first-order chi connectivity index (χ1) is 30.2. The number of H-pyrrole nitrogens is 1. The van der Waals surface area contributed by atoms with Gasteiger partial charge in [-0.15, -0.1) is 0 Å². The Morgan fingerprint density at radius 2 is 1.75 bits per heavy atom. The molecule has 10 rings (SSSR count). The predicted octanol–water partition coefficient (Wildman–Crippen LogP) is 3.19. The maximum atomic E-state index is 15.7. The van der Waals surface area contributed by atoms with Gasteiger partial charge in [0.05, 0.1) is 11.3 Å². The second-order valence-electron chi connectivity index (χ2n) is 16.7. The molecule has 3 aromatic heterocycles. The van der Waals surface area contributed by atoms with Gasteiger partial charge in [-0.3, -0.25) is 34.1 Å². The summed E-state index contributed by atoms with van der Waals surface area (Å²) in [4.78, 5) is 72.7. The van der Waals surface area contributed by atoms with E-state index in [1.165, 1.54) is 24.8 Å². The molecule has 5 aliphatic rings. The molecule has 2 aromatic carbocycles. The second kappa shape index (κ2) is 15.4. The SMILES string of the molecule is O=C1CCC(N2Cc3cc(N4CC5(CN(CCOc6ncc(-c7cnc8[nH]cc(C(=O)c9c(F)ccc(NS(=O)(=O)N%10CC[C@@H](F)C%10)c9F)c8c7)cn6)C5)C4)ccc3C2=O)C(=O)N1. The summed E-state index contributed by atoms with van der Waals surface area (Å²) >= 11 is 0. The Morgan fingerprint density at radius 1 is 0.968 bits per heavy atom. The summed E-state index contributed by atoms with van der Waals surface area (Å²) in [6, 6.07) is 8.56. The average Bonchev–Trinajstić information content (AvgIpc) is 3.96. The molecule has 4 saturated heterocycles. The van der Waals surface area contributed by atoms with E-state index in [4.69, 9.17) is 4.74 Å². The Hall–Kier alpha value is -6.45. The number of pyridine rings is 1. The van der Waals surface area contributed by atoms with Crippen molar-refractivity contribution in [3.05, 3.63) is 95.1 Å². The van der Waals surface area contributed by atoms with Crippen molar-refractivity contribution < 1.29 is 45.5 Å². The number of anilines is 2. The van der Waals surface area contributed by atoms with E-state index in [9.17, 15) is 32.0 Å². The standard InChI is InChI=1S/C42H39F3N10O7S/c43-26-7-8-54(18-26)63(60,61)51-32-4-3-31(44)35(36(32)45)37(57)30-16-47-38-29(30)12-23(13-46-38)25-14-48-41(49-15-25)62-10-9-52-19-42(20-52)21-53(22-42)27-1-2-28-24(11-27)17-55(40(28)59)33-5-6-34(56)50-39(33)58/h1-4,11-16,26,33,51H,5-10,17-22H2,(H,46,47)(H,50,56,58)/t26-,33?/m1/s1. The van der Waals surface area contributed by atoms with E-state index in [0.29, 0.717) is 42.8 Å². The number of carbonyl (C=O) groups is 4. The van der Waals surface area contributed by atoms with Crippen LogP contribution in [-0.4, -0.2) is 131 Å². The molecule has 17 nitrogen and oxygen atoms in total. The Kier molecular flexibility index (Phi) is 9.94. The van der Waals surface area contributed by atoms with E-state index in [1.807, 2.05) is 22.9 Å². The van der Waals surface area contributed by atoms with Crippen LogP contribution in [0.5, 0.6) is 6.01 Å². The van der Waals surface area contributed by atoms with Crippen LogP contribution in [0.15, 0.2) is 61.2 Å². The second-order valence-corrected chi connectivity index (χ2v) is 18.4. The highest BCUT2D eigenvalue weighted by Crippen LogP contribution is 2.43. The lowest BCUT2D eigenvalue weighted by atomic mass is 9.72. The van der Waals surface area contributed by atoms with Crippen LogP contribution >= 0.6 is 0 Å². The Balaban J connectivity index is 0.722. The molecule has 5 aromatic rings. The summed E-state index contributed by atoms with van der Waals surface area (Å²) in [5.41, 5.74) is 2.24. The van der Waals surface area contributed by atoms with E-state index in [-0.39, 0.29) is 59.2 Å². The predicted molar refractivity (Wildman–Crippen MR) is 220 cm³/mol. The minimum absolute atomic E-state index is 0.0101. The van der Waals surface area contributed by atoms with Crippen molar-refractivity contribution in [2.24, 2.45) is 5.41 Å². The number of fused-ring (bicyclic) bond motifs is 2. The average molecular weight is 885 g/mol. The molecule has 8 heterocycles. The lowest BCUT2D eigenvalue weighted by molar-refractivity contribution is -0.136. The summed E-state index contributed by atoms with van der Waals surface area (Å²) < 4.78 is 78.6. The summed E-state index contributed by atoms with van der Waals surface area (Å²) in [7, 11) is -4.37. The van der Waals surface area contributed by atoms with Crippen molar-refractivity contribution in [1.29, 1.82) is 0 Å². The minimum Gasteiger partial charge on any atom is -0.462 e.